The van der Waals surface area contributed by atoms with Gasteiger partial charge in [0.1, 0.15) is 0 Å². The van der Waals surface area contributed by atoms with Crippen molar-refractivity contribution in [2.75, 3.05) is 25.1 Å². The first kappa shape index (κ1) is 28.5. The predicted molar refractivity (Wildman–Crippen MR) is 136 cm³/mol. The van der Waals surface area contributed by atoms with Crippen LogP contribution in [-0.2, 0) is 9.53 Å². The Morgan fingerprint density at radius 1 is 0.925 bits per heavy atom. The highest BCUT2D eigenvalue weighted by Gasteiger charge is 2.29. The Bertz CT molecular complexity index is 1580. The zero-order valence-corrected chi connectivity index (χ0v) is 21.7. The highest BCUT2D eigenvalue weighted by Crippen LogP contribution is 2.32. The van der Waals surface area contributed by atoms with E-state index < -0.39 is 40.8 Å². The molecule has 8 nitrogen and oxygen atoms in total. The molecule has 0 aliphatic rings. The molecule has 208 valence electrons. The maximum atomic E-state index is 13.9. The molecular formula is C26H19F5N4O4S. The first-order chi connectivity index (χ1) is 19.0. The molecule has 14 heteroatoms. The summed E-state index contributed by atoms with van der Waals surface area (Å²) in [6, 6.07) is 11.1. The van der Waals surface area contributed by atoms with E-state index in [0.717, 1.165) is 17.0 Å². The predicted octanol–water partition coefficient (Wildman–Crippen LogP) is 7.02. The molecule has 0 bridgehead atoms. The summed E-state index contributed by atoms with van der Waals surface area (Å²) in [6.45, 7) is 2.37. The van der Waals surface area contributed by atoms with Crippen LogP contribution in [0.1, 0.15) is 23.7 Å². The van der Waals surface area contributed by atoms with E-state index in [1.807, 2.05) is 24.1 Å². The van der Waals surface area contributed by atoms with Crippen LogP contribution in [0, 0.1) is 29.1 Å². The second-order valence-corrected chi connectivity index (χ2v) is 9.31. The van der Waals surface area contributed by atoms with Crippen molar-refractivity contribution in [1.29, 1.82) is 0 Å². The van der Waals surface area contributed by atoms with Gasteiger partial charge in [-0.05, 0) is 48.9 Å². The fourth-order valence-corrected chi connectivity index (χ4v) is 4.26. The molecule has 0 aliphatic heterocycles. The highest BCUT2D eigenvalue weighted by atomic mass is 32.1. The first-order valence-electron chi connectivity index (χ1n) is 11.6. The fraction of sp³-hybridized carbons (Fsp3) is 0.192. The summed E-state index contributed by atoms with van der Waals surface area (Å²) in [5.74, 6) is -14.7. The van der Waals surface area contributed by atoms with E-state index >= 15 is 0 Å². The Morgan fingerprint density at radius 3 is 2.23 bits per heavy atom. The van der Waals surface area contributed by atoms with Crippen molar-refractivity contribution < 1.29 is 41.0 Å². The minimum atomic E-state index is -2.36. The maximum absolute atomic E-state index is 13.9. The standard InChI is InChI=1S/C26H19F5N4O4S/c1-13(36)38-11-3-10-35(2)16-7-5-15(6-8-16)33-34-26-32-17-9-4-14(12-18(17)40-26)25(37)39-24-22(30)20(28)19(27)21(29)23(24)31/h4-9,12H,3,10-11H2,1-2H3. The van der Waals surface area contributed by atoms with Crippen LogP contribution in [0.2, 0.25) is 0 Å². The lowest BCUT2D eigenvalue weighted by molar-refractivity contribution is -0.140. The number of aromatic nitrogens is 1. The monoisotopic (exact) mass is 578 g/mol. The van der Waals surface area contributed by atoms with Gasteiger partial charge in [0.25, 0.3) is 0 Å². The number of ether oxygens (including phenoxy) is 2. The van der Waals surface area contributed by atoms with E-state index in [1.165, 1.54) is 25.1 Å². The van der Waals surface area contributed by atoms with Crippen molar-refractivity contribution in [3.8, 4) is 5.75 Å². The second kappa shape index (κ2) is 12.2. The van der Waals surface area contributed by atoms with E-state index in [0.29, 0.717) is 35.5 Å². The van der Waals surface area contributed by atoms with Crippen LogP contribution in [-0.4, -0.2) is 37.1 Å². The minimum Gasteiger partial charge on any atom is -0.466 e. The fourth-order valence-electron chi connectivity index (χ4n) is 3.43. The molecule has 0 fully saturated rings. The molecule has 0 N–H and O–H groups in total. The summed E-state index contributed by atoms with van der Waals surface area (Å²) in [5.41, 5.74) is 1.68. The molecule has 0 unspecified atom stereocenters. The number of halogens is 5. The maximum Gasteiger partial charge on any atom is 0.343 e. The number of esters is 2. The van der Waals surface area contributed by atoms with Gasteiger partial charge in [-0.25, -0.2) is 22.9 Å². The van der Waals surface area contributed by atoms with Gasteiger partial charge >= 0.3 is 11.9 Å². The second-order valence-electron chi connectivity index (χ2n) is 8.30. The molecule has 0 spiro atoms. The van der Waals surface area contributed by atoms with Crippen LogP contribution in [0.5, 0.6) is 5.75 Å². The molecule has 0 amide bonds. The molecular weight excluding hydrogens is 559 g/mol. The Kier molecular flexibility index (Phi) is 8.67. The number of hydrogen-bond acceptors (Lipinski definition) is 9. The summed E-state index contributed by atoms with van der Waals surface area (Å²) in [4.78, 5) is 29.5. The van der Waals surface area contributed by atoms with Gasteiger partial charge in [0.15, 0.2) is 0 Å². The lowest BCUT2D eigenvalue weighted by atomic mass is 10.2. The highest BCUT2D eigenvalue weighted by molar-refractivity contribution is 7.21. The van der Waals surface area contributed by atoms with Crippen LogP contribution in [0.3, 0.4) is 0 Å². The quantitative estimate of drug-likeness (QED) is 0.0403. The van der Waals surface area contributed by atoms with Crippen molar-refractivity contribution in [2.45, 2.75) is 13.3 Å². The molecule has 1 aromatic heterocycles. The summed E-state index contributed by atoms with van der Waals surface area (Å²) < 4.78 is 77.6. The number of nitrogens with zero attached hydrogens (tertiary/aromatic N) is 4. The molecule has 0 atom stereocenters. The van der Waals surface area contributed by atoms with Crippen molar-refractivity contribution in [3.63, 3.8) is 0 Å². The number of fused-ring (bicyclic) bond motifs is 1. The van der Waals surface area contributed by atoms with E-state index in [1.54, 1.807) is 12.1 Å². The number of anilines is 1. The molecule has 40 heavy (non-hydrogen) atoms. The Balaban J connectivity index is 1.43. The van der Waals surface area contributed by atoms with Gasteiger partial charge in [0.05, 0.1) is 28.1 Å². The summed E-state index contributed by atoms with van der Waals surface area (Å²) in [7, 11) is 1.90. The average Bonchev–Trinajstić information content (AvgIpc) is 3.36. The summed E-state index contributed by atoms with van der Waals surface area (Å²) in [5, 5.41) is 8.48. The van der Waals surface area contributed by atoms with Crippen molar-refractivity contribution in [3.05, 3.63) is 77.1 Å². The number of azo groups is 1. The van der Waals surface area contributed by atoms with Crippen molar-refractivity contribution in [1.82, 2.24) is 4.98 Å². The molecule has 0 saturated carbocycles. The van der Waals surface area contributed by atoms with Crippen molar-refractivity contribution in [2.24, 2.45) is 10.2 Å². The van der Waals surface area contributed by atoms with Crippen LogP contribution in [0.25, 0.3) is 10.2 Å². The molecule has 4 aromatic rings. The lowest BCUT2D eigenvalue weighted by Crippen LogP contribution is -2.20. The van der Waals surface area contributed by atoms with Crippen LogP contribution in [0.4, 0.5) is 38.5 Å². The third-order valence-corrected chi connectivity index (χ3v) is 6.36. The van der Waals surface area contributed by atoms with Crippen LogP contribution >= 0.6 is 11.3 Å². The van der Waals surface area contributed by atoms with E-state index in [4.69, 9.17) is 4.74 Å². The molecule has 4 rings (SSSR count). The van der Waals surface area contributed by atoms with Crippen LogP contribution < -0.4 is 9.64 Å². The smallest absolute Gasteiger partial charge is 0.343 e. The molecule has 1 heterocycles. The molecule has 0 saturated heterocycles. The van der Waals surface area contributed by atoms with Crippen molar-refractivity contribution >= 4 is 50.0 Å². The summed E-state index contributed by atoms with van der Waals surface area (Å²) >= 11 is 1.05. The van der Waals surface area contributed by atoms with Gasteiger partial charge in [-0.1, -0.05) is 11.3 Å². The zero-order valence-electron chi connectivity index (χ0n) is 20.9. The number of rotatable bonds is 9. The largest absolute Gasteiger partial charge is 0.466 e. The SMILES string of the molecule is CC(=O)OCCCN(C)c1ccc(N=Nc2nc3ccc(C(=O)Oc4c(F)c(F)c(F)c(F)c4F)cc3s2)cc1. The number of thiazole rings is 1. The Labute approximate surface area is 227 Å². The van der Waals surface area contributed by atoms with Gasteiger partial charge < -0.3 is 14.4 Å². The van der Waals surface area contributed by atoms with Gasteiger partial charge in [-0.2, -0.15) is 8.78 Å². The third kappa shape index (κ3) is 6.39. The number of carbonyl (C=O) groups is 2. The van der Waals surface area contributed by atoms with Gasteiger partial charge in [0, 0.05) is 26.2 Å². The molecule has 3 aromatic carbocycles. The van der Waals surface area contributed by atoms with Crippen LogP contribution in [0.15, 0.2) is 52.7 Å². The lowest BCUT2D eigenvalue weighted by Gasteiger charge is -2.19. The number of carbonyl (C=O) groups excluding carboxylic acids is 2. The normalized spacial score (nSPS) is 11.3. The average molecular weight is 579 g/mol. The Hall–Kier alpha value is -4.46. The number of hydrogen-bond donors (Lipinski definition) is 0. The van der Waals surface area contributed by atoms with Gasteiger partial charge in [-0.15, -0.1) is 10.2 Å². The zero-order chi connectivity index (χ0) is 29.0. The topological polar surface area (TPSA) is 93.5 Å². The minimum absolute atomic E-state index is 0.212. The van der Waals surface area contributed by atoms with Gasteiger partial charge in [-0.3, -0.25) is 4.79 Å². The number of benzene rings is 3. The summed E-state index contributed by atoms with van der Waals surface area (Å²) in [6.07, 6.45) is 0.672. The Morgan fingerprint density at radius 2 is 1.57 bits per heavy atom. The third-order valence-electron chi connectivity index (χ3n) is 5.46. The first-order valence-corrected chi connectivity index (χ1v) is 12.4. The van der Waals surface area contributed by atoms with E-state index in [2.05, 4.69) is 19.9 Å². The van der Waals surface area contributed by atoms with Gasteiger partial charge in [0.2, 0.25) is 40.0 Å². The molecule has 0 aliphatic carbocycles. The van der Waals surface area contributed by atoms with E-state index in [-0.39, 0.29) is 16.7 Å². The van der Waals surface area contributed by atoms with E-state index in [9.17, 15) is 31.5 Å². The molecule has 0 radical (unpaired) electrons.